The van der Waals surface area contributed by atoms with Crippen LogP contribution in [0.1, 0.15) is 27.0 Å². The third kappa shape index (κ3) is 4.86. The monoisotopic (exact) mass is 506 g/mol. The smallest absolute Gasteiger partial charge is 0.262 e. The Balaban J connectivity index is 1.91. The minimum Gasteiger partial charge on any atom is -0.322 e. The zero-order valence-electron chi connectivity index (χ0n) is 16.6. The van der Waals surface area contributed by atoms with Crippen LogP contribution in [0, 0.1) is 20.8 Å². The fourth-order valence-corrected chi connectivity index (χ4v) is 4.69. The first-order chi connectivity index (χ1) is 14.1. The van der Waals surface area contributed by atoms with Crippen LogP contribution in [0.25, 0.3) is 0 Å². The predicted octanol–water partition coefficient (Wildman–Crippen LogP) is 6.08. The Morgan fingerprint density at radius 1 is 0.967 bits per heavy atom. The Morgan fingerprint density at radius 2 is 1.70 bits per heavy atom. The number of halogens is 2. The van der Waals surface area contributed by atoms with Crippen molar-refractivity contribution in [1.82, 2.24) is 0 Å². The summed E-state index contributed by atoms with van der Waals surface area (Å²) in [7, 11) is -3.88. The number of benzene rings is 3. The highest BCUT2D eigenvalue weighted by Crippen LogP contribution is 2.27. The first-order valence-corrected chi connectivity index (χ1v) is 11.7. The zero-order valence-corrected chi connectivity index (χ0v) is 19.7. The Kier molecular flexibility index (Phi) is 6.55. The van der Waals surface area contributed by atoms with Gasteiger partial charge >= 0.3 is 0 Å². The molecule has 0 aliphatic rings. The van der Waals surface area contributed by atoms with Gasteiger partial charge in [0.2, 0.25) is 0 Å². The Bertz CT molecular complexity index is 1240. The molecule has 0 radical (unpaired) electrons. The van der Waals surface area contributed by atoms with Crippen molar-refractivity contribution >= 4 is 54.8 Å². The van der Waals surface area contributed by atoms with Gasteiger partial charge in [-0.1, -0.05) is 29.8 Å². The minimum absolute atomic E-state index is 0.0462. The fraction of sp³-hybridized carbons (Fsp3) is 0.136. The highest BCUT2D eigenvalue weighted by Gasteiger charge is 2.20. The summed E-state index contributed by atoms with van der Waals surface area (Å²) < 4.78 is 29.4. The van der Waals surface area contributed by atoms with Crippen molar-refractivity contribution in [3.05, 3.63) is 86.3 Å². The van der Waals surface area contributed by atoms with Crippen LogP contribution in [0.4, 0.5) is 11.4 Å². The average molecular weight is 508 g/mol. The third-order valence-electron chi connectivity index (χ3n) is 4.77. The van der Waals surface area contributed by atoms with Crippen LogP contribution in [-0.2, 0) is 10.0 Å². The molecule has 0 aliphatic heterocycles. The maximum absolute atomic E-state index is 13.0. The lowest BCUT2D eigenvalue weighted by atomic mass is 10.1. The second-order valence-electron chi connectivity index (χ2n) is 6.92. The van der Waals surface area contributed by atoms with Gasteiger partial charge in [-0.05, 0) is 89.8 Å². The van der Waals surface area contributed by atoms with Crippen LogP contribution in [0.15, 0.2) is 64.0 Å². The van der Waals surface area contributed by atoms with Gasteiger partial charge in [-0.2, -0.15) is 0 Å². The van der Waals surface area contributed by atoms with Gasteiger partial charge in [0.15, 0.2) is 0 Å². The van der Waals surface area contributed by atoms with Crippen molar-refractivity contribution in [2.75, 3.05) is 10.0 Å². The van der Waals surface area contributed by atoms with E-state index >= 15 is 0 Å². The molecule has 0 fully saturated rings. The molecular weight excluding hydrogens is 488 g/mol. The molecule has 2 N–H and O–H groups in total. The average Bonchev–Trinajstić information content (AvgIpc) is 2.68. The van der Waals surface area contributed by atoms with Crippen molar-refractivity contribution in [3.8, 4) is 0 Å². The molecule has 0 spiro atoms. The number of hydrogen-bond donors (Lipinski definition) is 2. The number of nitrogens with one attached hydrogen (secondary N) is 2. The molecule has 0 atom stereocenters. The quantitative estimate of drug-likeness (QED) is 0.439. The zero-order chi connectivity index (χ0) is 22.1. The van der Waals surface area contributed by atoms with Crippen LogP contribution >= 0.6 is 27.5 Å². The maximum atomic E-state index is 13.0. The van der Waals surface area contributed by atoms with Gasteiger partial charge in [-0.3, -0.25) is 9.52 Å². The lowest BCUT2D eigenvalue weighted by Crippen LogP contribution is -2.17. The van der Waals surface area contributed by atoms with Crippen molar-refractivity contribution in [2.45, 2.75) is 25.7 Å². The van der Waals surface area contributed by atoms with E-state index in [1.807, 2.05) is 19.9 Å². The van der Waals surface area contributed by atoms with Crippen molar-refractivity contribution in [2.24, 2.45) is 0 Å². The van der Waals surface area contributed by atoms with Crippen molar-refractivity contribution in [1.29, 1.82) is 0 Å². The molecule has 8 heteroatoms. The Morgan fingerprint density at radius 3 is 2.40 bits per heavy atom. The van der Waals surface area contributed by atoms with Crippen LogP contribution < -0.4 is 10.0 Å². The van der Waals surface area contributed by atoms with E-state index < -0.39 is 15.9 Å². The molecule has 0 heterocycles. The molecule has 0 unspecified atom stereocenters. The molecule has 156 valence electrons. The summed E-state index contributed by atoms with van der Waals surface area (Å²) in [5.41, 5.74) is 3.60. The molecular formula is C22H20BrClN2O3S. The summed E-state index contributed by atoms with van der Waals surface area (Å²) in [4.78, 5) is 12.7. The Hall–Kier alpha value is -2.35. The number of carbonyl (C=O) groups is 1. The van der Waals surface area contributed by atoms with E-state index in [2.05, 4.69) is 26.0 Å². The van der Waals surface area contributed by atoms with Crippen molar-refractivity contribution in [3.63, 3.8) is 0 Å². The van der Waals surface area contributed by atoms with Gasteiger partial charge in [-0.25, -0.2) is 8.42 Å². The topological polar surface area (TPSA) is 75.3 Å². The van der Waals surface area contributed by atoms with Gasteiger partial charge in [0.05, 0.1) is 15.6 Å². The maximum Gasteiger partial charge on any atom is 0.262 e. The molecule has 1 amide bonds. The number of sulfonamides is 1. The van der Waals surface area contributed by atoms with Crippen LogP contribution in [0.3, 0.4) is 0 Å². The molecule has 30 heavy (non-hydrogen) atoms. The number of anilines is 2. The standard InChI is InChI=1S/C22H20BrClN2O3S/c1-13-5-4-6-20(15(13)3)26-30(28,29)21-11-16(8-7-14(21)2)22(27)25-17-9-10-18(23)19(24)12-17/h4-12,26H,1-3H3,(H,25,27). The largest absolute Gasteiger partial charge is 0.322 e. The van der Waals surface area contributed by atoms with Gasteiger partial charge in [0.25, 0.3) is 15.9 Å². The first kappa shape index (κ1) is 22.3. The molecule has 3 aromatic carbocycles. The SMILES string of the molecule is Cc1ccc(C(=O)Nc2ccc(Br)c(Cl)c2)cc1S(=O)(=O)Nc1cccc(C)c1C. The number of carbonyl (C=O) groups excluding carboxylic acids is 1. The summed E-state index contributed by atoms with van der Waals surface area (Å²) in [6.45, 7) is 5.46. The van der Waals surface area contributed by atoms with E-state index in [1.165, 1.54) is 6.07 Å². The molecule has 3 rings (SSSR count). The highest BCUT2D eigenvalue weighted by atomic mass is 79.9. The van der Waals surface area contributed by atoms with E-state index in [4.69, 9.17) is 11.6 Å². The summed E-state index contributed by atoms with van der Waals surface area (Å²) in [5.74, 6) is -0.434. The van der Waals surface area contributed by atoms with E-state index in [-0.39, 0.29) is 10.5 Å². The molecule has 0 aliphatic carbocycles. The van der Waals surface area contributed by atoms with Crippen LogP contribution in [-0.4, -0.2) is 14.3 Å². The van der Waals surface area contributed by atoms with E-state index in [1.54, 1.807) is 49.4 Å². The molecule has 3 aromatic rings. The lowest BCUT2D eigenvalue weighted by Gasteiger charge is -2.14. The van der Waals surface area contributed by atoms with E-state index in [0.717, 1.165) is 11.1 Å². The van der Waals surface area contributed by atoms with E-state index in [9.17, 15) is 13.2 Å². The molecule has 0 saturated heterocycles. The first-order valence-electron chi connectivity index (χ1n) is 9.04. The molecule has 0 saturated carbocycles. The van der Waals surface area contributed by atoms with Gasteiger partial charge < -0.3 is 5.32 Å². The number of aryl methyl sites for hydroxylation is 2. The predicted molar refractivity (Wildman–Crippen MR) is 125 cm³/mol. The number of amides is 1. The second kappa shape index (κ2) is 8.79. The summed E-state index contributed by atoms with van der Waals surface area (Å²) in [6.07, 6.45) is 0. The fourth-order valence-electron chi connectivity index (χ4n) is 2.87. The van der Waals surface area contributed by atoms with Gasteiger partial charge in [0, 0.05) is 15.7 Å². The summed E-state index contributed by atoms with van der Waals surface area (Å²) >= 11 is 9.36. The Labute approximate surface area is 189 Å². The normalized spacial score (nSPS) is 11.2. The number of rotatable bonds is 5. The third-order valence-corrected chi connectivity index (χ3v) is 7.51. The number of hydrogen-bond acceptors (Lipinski definition) is 3. The highest BCUT2D eigenvalue weighted by molar-refractivity contribution is 9.10. The molecule has 5 nitrogen and oxygen atoms in total. The van der Waals surface area contributed by atoms with Crippen molar-refractivity contribution < 1.29 is 13.2 Å². The summed E-state index contributed by atoms with van der Waals surface area (Å²) in [5, 5.41) is 3.19. The molecule has 0 aromatic heterocycles. The molecule has 0 bridgehead atoms. The van der Waals surface area contributed by atoms with Crippen LogP contribution in [0.5, 0.6) is 0 Å². The summed E-state index contributed by atoms with van der Waals surface area (Å²) in [6, 6.07) is 15.0. The van der Waals surface area contributed by atoms with E-state index in [0.29, 0.717) is 26.4 Å². The minimum atomic E-state index is -3.88. The lowest BCUT2D eigenvalue weighted by molar-refractivity contribution is 0.102. The van der Waals surface area contributed by atoms with Gasteiger partial charge in [-0.15, -0.1) is 0 Å². The van der Waals surface area contributed by atoms with Crippen LogP contribution in [0.2, 0.25) is 5.02 Å². The van der Waals surface area contributed by atoms with Gasteiger partial charge in [0.1, 0.15) is 0 Å². The second-order valence-corrected chi connectivity index (χ2v) is 9.83.